The van der Waals surface area contributed by atoms with Crippen LogP contribution in [0.1, 0.15) is 0 Å². The van der Waals surface area contributed by atoms with Gasteiger partial charge in [0.25, 0.3) is 29.7 Å². The third kappa shape index (κ3) is 8.32. The molecule has 2 unspecified atom stereocenters. The number of rotatable bonds is 4. The van der Waals surface area contributed by atoms with Crippen molar-refractivity contribution in [2.45, 2.75) is 24.2 Å². The molecule has 2 atom stereocenters. The average Bonchev–Trinajstić information content (AvgIpc) is 2.81. The van der Waals surface area contributed by atoms with E-state index < -0.39 is 95.5 Å². The van der Waals surface area contributed by atoms with Gasteiger partial charge in [-0.3, -0.25) is 60.7 Å². The summed E-state index contributed by atoms with van der Waals surface area (Å²) in [5.74, 6) is -7.74. The van der Waals surface area contributed by atoms with E-state index in [4.69, 9.17) is 0 Å². The largest absolute Gasteiger partial charge is 0.494 e. The molecule has 14 amide bonds. The minimum Gasteiger partial charge on any atom is -0.494 e. The zero-order valence-electron chi connectivity index (χ0n) is 21.3. The van der Waals surface area contributed by atoms with Crippen molar-refractivity contribution in [2.75, 3.05) is 7.05 Å². The average molecular weight is 653 g/mol. The molecule has 0 saturated carbocycles. The van der Waals surface area contributed by atoms with Gasteiger partial charge < -0.3 is 17.6 Å². The van der Waals surface area contributed by atoms with Crippen LogP contribution in [0, 0.1) is 7.43 Å². The SMILES string of the molecule is C[N+](=NC1C(=O)NC(=O)N=C1O)C1C(=O)NC(=O)NC1=O.O=C1N=C(O)C(N=NC2C(=O)NC(=O)NC2=O)C(=O)N1.[CH3-].[Ni]. The van der Waals surface area contributed by atoms with Gasteiger partial charge in [-0.25, -0.2) is 19.2 Å². The molecule has 232 valence electrons. The summed E-state index contributed by atoms with van der Waals surface area (Å²) in [6.07, 6.45) is 0. The number of barbiturate groups is 2. The number of carbonyl (C=O) groups excluding carboxylic acids is 10. The predicted molar refractivity (Wildman–Crippen MR) is 126 cm³/mol. The van der Waals surface area contributed by atoms with Gasteiger partial charge in [0.15, 0.2) is 7.05 Å². The summed E-state index contributed by atoms with van der Waals surface area (Å²) in [7, 11) is 1.18. The molecule has 0 bridgehead atoms. The standard InChI is InChI=1S/C9H8N6O6.C8H6N6O6.CH3.Ni/c1-15(3-6(18)12-9(21)13-7(3)19)14-2-4(16)10-8(20)11-5(2)17;15-3-1(4(16)10-7(19)9-3)13-14-2-5(17)11-8(20)12-6(2)18;;/h2-3H,1H3,(H3-,10,11,12,13,16,17,18,19,20,21);1-2H,(H2,9,10,15,16,19)(H2,11,12,17,18,20);1H3;/q;;-1;/p+1. The van der Waals surface area contributed by atoms with Gasteiger partial charge in [-0.05, 0) is 5.11 Å². The number of hydrogen-bond donors (Lipinski definition) is 8. The minimum atomic E-state index is -1.69. The summed E-state index contributed by atoms with van der Waals surface area (Å²) in [4.78, 5) is 118. The zero-order chi connectivity index (χ0) is 30.6. The van der Waals surface area contributed by atoms with Crippen molar-refractivity contribution in [3.8, 4) is 0 Å². The Labute approximate surface area is 246 Å². The molecule has 2 fully saturated rings. The van der Waals surface area contributed by atoms with Crippen molar-refractivity contribution in [3.63, 3.8) is 0 Å². The van der Waals surface area contributed by atoms with Crippen molar-refractivity contribution in [3.05, 3.63) is 7.43 Å². The molecule has 0 aromatic heterocycles. The number of nitrogens with zero attached hydrogens (tertiary/aromatic N) is 6. The van der Waals surface area contributed by atoms with Crippen molar-refractivity contribution in [1.29, 1.82) is 0 Å². The normalized spacial score (nSPS) is 23.1. The van der Waals surface area contributed by atoms with Crippen molar-refractivity contribution in [1.82, 2.24) is 31.9 Å². The van der Waals surface area contributed by atoms with E-state index in [2.05, 4.69) is 25.3 Å². The van der Waals surface area contributed by atoms with Gasteiger partial charge in [0.2, 0.25) is 23.9 Å². The monoisotopic (exact) mass is 652 g/mol. The molecule has 4 aliphatic heterocycles. The van der Waals surface area contributed by atoms with Gasteiger partial charge in [0.1, 0.15) is 0 Å². The van der Waals surface area contributed by atoms with E-state index in [1.165, 1.54) is 7.05 Å². The fourth-order valence-electron chi connectivity index (χ4n) is 3.02. The molecule has 4 rings (SSSR count). The molecule has 4 aliphatic rings. The summed E-state index contributed by atoms with van der Waals surface area (Å²) in [5, 5.41) is 39.6. The summed E-state index contributed by atoms with van der Waals surface area (Å²) in [6, 6.07) is -10.5. The van der Waals surface area contributed by atoms with E-state index in [9.17, 15) is 58.2 Å². The Morgan fingerprint density at radius 2 is 0.930 bits per heavy atom. The van der Waals surface area contributed by atoms with E-state index in [0.717, 1.165) is 4.70 Å². The van der Waals surface area contributed by atoms with Crippen LogP contribution in [0.15, 0.2) is 25.3 Å². The van der Waals surface area contributed by atoms with E-state index >= 15 is 0 Å². The van der Waals surface area contributed by atoms with Crippen molar-refractivity contribution >= 4 is 71.4 Å². The van der Waals surface area contributed by atoms with Crippen LogP contribution in [0.5, 0.6) is 0 Å². The first-order valence-electron chi connectivity index (χ1n) is 10.6. The Bertz CT molecular complexity index is 1410. The quantitative estimate of drug-likeness (QED) is 0.0469. The molecule has 2 saturated heterocycles. The van der Waals surface area contributed by atoms with Crippen LogP contribution in [-0.2, 0) is 45.3 Å². The number of urea groups is 4. The number of nitrogens with one attached hydrogen (secondary N) is 6. The minimum absolute atomic E-state index is 0. The topological polar surface area (TPSA) is 348 Å². The molecule has 4 heterocycles. The maximum atomic E-state index is 11.6. The van der Waals surface area contributed by atoms with Crippen LogP contribution in [0.2, 0.25) is 0 Å². The van der Waals surface area contributed by atoms with Gasteiger partial charge >= 0.3 is 42.0 Å². The Balaban J connectivity index is 0.000000411. The molecule has 43 heavy (non-hydrogen) atoms. The smallest absolute Gasteiger partial charge is 0.350 e. The molecule has 0 aromatic rings. The number of aliphatic imine (C=N–C) groups is 2. The van der Waals surface area contributed by atoms with E-state index in [1.54, 1.807) is 21.3 Å². The van der Waals surface area contributed by atoms with Gasteiger partial charge in [-0.15, -0.1) is 4.70 Å². The van der Waals surface area contributed by atoms with Gasteiger partial charge in [-0.1, -0.05) is 0 Å². The van der Waals surface area contributed by atoms with E-state index in [1.807, 2.05) is 10.6 Å². The van der Waals surface area contributed by atoms with Crippen LogP contribution >= 0.6 is 0 Å². The second kappa shape index (κ2) is 14.2. The first kappa shape index (κ1) is 35.2. The third-order valence-corrected chi connectivity index (χ3v) is 4.79. The van der Waals surface area contributed by atoms with Crippen LogP contribution in [0.25, 0.3) is 0 Å². The van der Waals surface area contributed by atoms with Crippen LogP contribution in [-0.4, -0.2) is 117 Å². The van der Waals surface area contributed by atoms with E-state index in [-0.39, 0.29) is 23.9 Å². The zero-order valence-corrected chi connectivity index (χ0v) is 22.3. The molecule has 25 heteroatoms. The number of likely N-dealkylation sites (N-methyl/N-ethyl adjacent to an activating group) is 1. The summed E-state index contributed by atoms with van der Waals surface area (Å²) in [6.45, 7) is 0. The number of imide groups is 6. The van der Waals surface area contributed by atoms with Gasteiger partial charge in [0, 0.05) is 16.5 Å². The summed E-state index contributed by atoms with van der Waals surface area (Å²) >= 11 is 0. The number of hydrogen-bond acceptors (Lipinski definition) is 13. The van der Waals surface area contributed by atoms with Crippen LogP contribution in [0.4, 0.5) is 19.2 Å². The third-order valence-electron chi connectivity index (χ3n) is 4.79. The second-order valence-corrected chi connectivity index (χ2v) is 7.67. The molecule has 0 aromatic carbocycles. The molecule has 0 aliphatic carbocycles. The number of aliphatic hydroxyl groups excluding tert-OH is 2. The fraction of sp³-hybridized carbons (Fsp3) is 0.278. The number of amides is 14. The number of aliphatic hydroxyl groups is 2. The van der Waals surface area contributed by atoms with Gasteiger partial charge in [-0.2, -0.15) is 20.2 Å². The van der Waals surface area contributed by atoms with E-state index in [0.29, 0.717) is 0 Å². The first-order chi connectivity index (χ1) is 19.2. The maximum Gasteiger partial charge on any atom is 0.350 e. The molecule has 24 nitrogen and oxygen atoms in total. The van der Waals surface area contributed by atoms with Crippen molar-refractivity contribution < 1.29 is 79.3 Å². The number of carbonyl (C=O) groups is 10. The maximum absolute atomic E-state index is 11.6. The Kier molecular flexibility index (Phi) is 11.6. The Hall–Kier alpha value is -5.87. The summed E-state index contributed by atoms with van der Waals surface area (Å²) < 4.78 is 0.781. The molecule has 0 radical (unpaired) electrons. The van der Waals surface area contributed by atoms with Crippen LogP contribution < -0.4 is 31.9 Å². The van der Waals surface area contributed by atoms with Crippen molar-refractivity contribution in [2.24, 2.45) is 25.3 Å². The Morgan fingerprint density at radius 1 is 0.581 bits per heavy atom. The first-order valence-corrected chi connectivity index (χ1v) is 10.6. The predicted octanol–water partition coefficient (Wildman–Crippen LogP) is -4.41. The fourth-order valence-corrected chi connectivity index (χ4v) is 3.02. The molecule has 0 spiro atoms. The Morgan fingerprint density at radius 3 is 1.35 bits per heavy atom. The van der Waals surface area contributed by atoms with Crippen LogP contribution in [0.3, 0.4) is 0 Å². The summed E-state index contributed by atoms with van der Waals surface area (Å²) in [5.41, 5.74) is 0. The molecular formula is C18H18N12NiO12. The molecular weight excluding hydrogens is 635 g/mol. The molecule has 8 N–H and O–H groups in total. The van der Waals surface area contributed by atoms with Gasteiger partial charge in [0.05, 0.1) is 0 Å². The number of azo groups is 3. The second-order valence-electron chi connectivity index (χ2n) is 7.67.